The summed E-state index contributed by atoms with van der Waals surface area (Å²) in [4.78, 5) is 20.4. The van der Waals surface area contributed by atoms with Crippen molar-refractivity contribution in [2.45, 2.75) is 0 Å². The zero-order valence-corrected chi connectivity index (χ0v) is 14.7. The molecule has 0 unspecified atom stereocenters. The van der Waals surface area contributed by atoms with Gasteiger partial charge in [-0.15, -0.1) is 0 Å². The van der Waals surface area contributed by atoms with Crippen LogP contribution in [0.1, 0.15) is 5.56 Å². The smallest absolute Gasteiger partial charge is 0.301 e. The van der Waals surface area contributed by atoms with Crippen LogP contribution >= 0.6 is 0 Å². The number of benzene rings is 2. The molecule has 0 radical (unpaired) electrons. The predicted molar refractivity (Wildman–Crippen MR) is 97.1 cm³/mol. The molecule has 0 bridgehead atoms. The lowest BCUT2D eigenvalue weighted by molar-refractivity contribution is -0.393. The Morgan fingerprint density at radius 2 is 1.59 bits per heavy atom. The molecule has 1 N–H and O–H groups in total. The van der Waals surface area contributed by atoms with Gasteiger partial charge < -0.3 is 14.2 Å². The van der Waals surface area contributed by atoms with Gasteiger partial charge >= 0.3 is 5.69 Å². The van der Waals surface area contributed by atoms with Gasteiger partial charge in [0.2, 0.25) is 5.75 Å². The maximum Gasteiger partial charge on any atom is 0.301 e. The van der Waals surface area contributed by atoms with E-state index >= 15 is 0 Å². The van der Waals surface area contributed by atoms with Crippen LogP contribution in [0.5, 0.6) is 17.2 Å². The van der Waals surface area contributed by atoms with Crippen LogP contribution < -0.4 is 19.6 Å². The van der Waals surface area contributed by atoms with Crippen molar-refractivity contribution in [3.63, 3.8) is 0 Å². The second kappa shape index (κ2) is 8.47. The van der Waals surface area contributed by atoms with Crippen molar-refractivity contribution in [1.29, 1.82) is 0 Å². The number of hydrogen-bond donors (Lipinski definition) is 1. The fourth-order valence-corrected chi connectivity index (χ4v) is 2.23. The zero-order chi connectivity index (χ0) is 20.0. The number of anilines is 1. The van der Waals surface area contributed by atoms with Crippen LogP contribution in [0.4, 0.5) is 17.1 Å². The predicted octanol–water partition coefficient (Wildman–Crippen LogP) is 2.97. The topological polar surface area (TPSA) is 138 Å². The summed E-state index contributed by atoms with van der Waals surface area (Å²) in [5.41, 5.74) is 2.23. The Bertz CT molecular complexity index is 873. The van der Waals surface area contributed by atoms with Crippen LogP contribution in [-0.2, 0) is 0 Å². The first-order chi connectivity index (χ1) is 12.9. The Morgan fingerprint density at radius 1 is 0.963 bits per heavy atom. The summed E-state index contributed by atoms with van der Waals surface area (Å²) in [5, 5.41) is 25.8. The van der Waals surface area contributed by atoms with E-state index in [0.29, 0.717) is 22.8 Å². The monoisotopic (exact) mass is 376 g/mol. The minimum atomic E-state index is -0.732. The van der Waals surface area contributed by atoms with Crippen LogP contribution in [0.3, 0.4) is 0 Å². The summed E-state index contributed by atoms with van der Waals surface area (Å²) >= 11 is 0. The quantitative estimate of drug-likeness (QED) is 0.421. The van der Waals surface area contributed by atoms with Crippen LogP contribution in [0.2, 0.25) is 0 Å². The molecule has 0 amide bonds. The molecule has 0 fully saturated rings. The van der Waals surface area contributed by atoms with Gasteiger partial charge in [0.05, 0.1) is 43.5 Å². The van der Waals surface area contributed by atoms with Crippen LogP contribution in [0.15, 0.2) is 35.4 Å². The van der Waals surface area contributed by atoms with E-state index in [1.807, 2.05) is 0 Å². The zero-order valence-electron chi connectivity index (χ0n) is 14.7. The molecule has 0 aliphatic carbocycles. The number of hydrazone groups is 1. The Hall–Kier alpha value is -3.89. The molecule has 2 aromatic carbocycles. The van der Waals surface area contributed by atoms with E-state index in [9.17, 15) is 20.2 Å². The maximum absolute atomic E-state index is 11.1. The maximum atomic E-state index is 11.1. The molecule has 27 heavy (non-hydrogen) atoms. The number of nitro benzene ring substituents is 2. The van der Waals surface area contributed by atoms with Crippen molar-refractivity contribution in [3.8, 4) is 17.2 Å². The number of hydrogen-bond acceptors (Lipinski definition) is 9. The molecule has 0 atom stereocenters. The fourth-order valence-electron chi connectivity index (χ4n) is 2.23. The molecule has 0 spiro atoms. The highest BCUT2D eigenvalue weighted by molar-refractivity contribution is 5.83. The molecule has 0 saturated heterocycles. The van der Waals surface area contributed by atoms with Gasteiger partial charge in [0.1, 0.15) is 5.69 Å². The van der Waals surface area contributed by atoms with Gasteiger partial charge in [-0.05, 0) is 18.2 Å². The van der Waals surface area contributed by atoms with Gasteiger partial charge in [-0.1, -0.05) is 0 Å². The van der Waals surface area contributed by atoms with Gasteiger partial charge in [0.15, 0.2) is 11.5 Å². The molecule has 142 valence electrons. The first-order valence-corrected chi connectivity index (χ1v) is 7.43. The number of nitro groups is 2. The van der Waals surface area contributed by atoms with Crippen molar-refractivity contribution in [2.75, 3.05) is 26.8 Å². The molecule has 11 nitrogen and oxygen atoms in total. The first kappa shape index (κ1) is 19.4. The van der Waals surface area contributed by atoms with Crippen molar-refractivity contribution >= 4 is 23.3 Å². The van der Waals surface area contributed by atoms with Gasteiger partial charge in [-0.2, -0.15) is 5.10 Å². The lowest BCUT2D eigenvalue weighted by Crippen LogP contribution is -1.99. The Kier molecular flexibility index (Phi) is 6.10. The lowest BCUT2D eigenvalue weighted by Gasteiger charge is -2.12. The van der Waals surface area contributed by atoms with Gasteiger partial charge in [0, 0.05) is 11.6 Å². The Balaban J connectivity index is 2.30. The Morgan fingerprint density at radius 3 is 2.07 bits per heavy atom. The third-order valence-corrected chi connectivity index (χ3v) is 3.47. The molecule has 11 heteroatoms. The normalized spacial score (nSPS) is 10.5. The highest BCUT2D eigenvalue weighted by Crippen LogP contribution is 2.37. The fraction of sp³-hybridized carbons (Fsp3) is 0.188. The number of nitrogens with one attached hydrogen (secondary N) is 1. The number of non-ortho nitro benzene ring substituents is 1. The van der Waals surface area contributed by atoms with Crippen molar-refractivity contribution in [3.05, 3.63) is 56.1 Å². The van der Waals surface area contributed by atoms with Crippen LogP contribution in [0.25, 0.3) is 0 Å². The number of ether oxygens (including phenoxy) is 3. The average Bonchev–Trinajstić information content (AvgIpc) is 2.66. The summed E-state index contributed by atoms with van der Waals surface area (Å²) in [6.07, 6.45) is 1.38. The molecular weight excluding hydrogens is 360 g/mol. The third-order valence-electron chi connectivity index (χ3n) is 3.47. The molecule has 2 aromatic rings. The van der Waals surface area contributed by atoms with Crippen LogP contribution in [0, 0.1) is 20.2 Å². The molecular formula is C16H16N4O7. The van der Waals surface area contributed by atoms with Gasteiger partial charge in [-0.25, -0.2) is 0 Å². The molecule has 0 saturated carbocycles. The summed E-state index contributed by atoms with van der Waals surface area (Å²) in [7, 11) is 4.41. The standard InChI is InChI=1S/C16H16N4O7/c1-25-14-6-10(7-15(26-2)16(14)27-3)9-17-18-12-5-4-11(19(21)22)8-13(12)20(23)24/h4-9,18H,1-3H3/b17-9-. The molecule has 2 rings (SSSR count). The Labute approximate surface area is 153 Å². The van der Waals surface area contributed by atoms with E-state index in [-0.39, 0.29) is 11.4 Å². The molecule has 0 aromatic heterocycles. The average molecular weight is 376 g/mol. The lowest BCUT2D eigenvalue weighted by atomic mass is 10.2. The third kappa shape index (κ3) is 4.39. The van der Waals surface area contributed by atoms with Gasteiger partial charge in [0.25, 0.3) is 5.69 Å². The van der Waals surface area contributed by atoms with Gasteiger partial charge in [-0.3, -0.25) is 25.7 Å². The second-order valence-electron chi connectivity index (χ2n) is 5.04. The highest BCUT2D eigenvalue weighted by Gasteiger charge is 2.19. The van der Waals surface area contributed by atoms with Crippen molar-refractivity contribution in [1.82, 2.24) is 0 Å². The first-order valence-electron chi connectivity index (χ1n) is 7.43. The summed E-state index contributed by atoms with van der Waals surface area (Å²) in [6, 6.07) is 6.48. The van der Waals surface area contributed by atoms with E-state index in [2.05, 4.69) is 10.5 Å². The SMILES string of the molecule is COc1cc(/C=N\Nc2ccc([N+](=O)[O-])cc2[N+](=O)[O-])cc(OC)c1OC. The van der Waals surface area contributed by atoms with Crippen LogP contribution in [-0.4, -0.2) is 37.4 Å². The number of rotatable bonds is 8. The summed E-state index contributed by atoms with van der Waals surface area (Å²) < 4.78 is 15.7. The highest BCUT2D eigenvalue weighted by atomic mass is 16.6. The summed E-state index contributed by atoms with van der Waals surface area (Å²) in [5.74, 6) is 1.25. The minimum Gasteiger partial charge on any atom is -0.493 e. The molecule has 0 heterocycles. The minimum absolute atomic E-state index is 0.00860. The molecule has 0 aliphatic rings. The van der Waals surface area contributed by atoms with E-state index in [0.717, 1.165) is 12.1 Å². The van der Waals surface area contributed by atoms with E-state index in [4.69, 9.17) is 14.2 Å². The number of nitrogens with zero attached hydrogens (tertiary/aromatic N) is 3. The van der Waals surface area contributed by atoms with E-state index < -0.39 is 15.5 Å². The number of methoxy groups -OCH3 is 3. The summed E-state index contributed by atoms with van der Waals surface area (Å²) in [6.45, 7) is 0. The largest absolute Gasteiger partial charge is 0.493 e. The van der Waals surface area contributed by atoms with Crippen molar-refractivity contribution in [2.24, 2.45) is 5.10 Å². The second-order valence-corrected chi connectivity index (χ2v) is 5.04. The van der Waals surface area contributed by atoms with E-state index in [1.165, 1.54) is 33.6 Å². The molecule has 0 aliphatic heterocycles. The van der Waals surface area contributed by atoms with E-state index in [1.54, 1.807) is 12.1 Å². The van der Waals surface area contributed by atoms with Crippen molar-refractivity contribution < 1.29 is 24.1 Å².